The average molecular weight is 247 g/mol. The Bertz CT molecular complexity index is 354. The number of nitrogens with one attached hydrogen (secondary N) is 1. The maximum absolute atomic E-state index is 11.8. The van der Waals surface area contributed by atoms with E-state index in [-0.39, 0.29) is 19.1 Å². The summed E-state index contributed by atoms with van der Waals surface area (Å²) in [7, 11) is 3.10. The second kappa shape index (κ2) is 5.89. The number of aliphatic hydroxyl groups is 1. The number of amides is 1. The van der Waals surface area contributed by atoms with Crippen LogP contribution in [0.3, 0.4) is 0 Å². The third-order valence-corrected chi connectivity index (χ3v) is 2.29. The molecule has 1 aromatic rings. The van der Waals surface area contributed by atoms with Crippen LogP contribution in [0.5, 0.6) is 0 Å². The van der Waals surface area contributed by atoms with E-state index in [1.807, 2.05) is 0 Å². The predicted molar refractivity (Wildman–Crippen MR) is 60.6 cm³/mol. The van der Waals surface area contributed by atoms with Crippen LogP contribution in [0.1, 0.15) is 10.5 Å². The van der Waals surface area contributed by atoms with Crippen LogP contribution in [0.2, 0.25) is 5.02 Å². The van der Waals surface area contributed by atoms with Crippen molar-refractivity contribution in [2.75, 3.05) is 27.3 Å². The van der Waals surface area contributed by atoms with Gasteiger partial charge in [0.05, 0.1) is 17.7 Å². The second-order valence-corrected chi connectivity index (χ2v) is 3.96. The van der Waals surface area contributed by atoms with E-state index in [9.17, 15) is 9.90 Å². The number of carbonyl (C=O) groups excluding carboxylic acids is 1. The van der Waals surface area contributed by atoms with E-state index >= 15 is 0 Å². The number of carbonyl (C=O) groups is 1. The third kappa shape index (κ3) is 3.52. The Morgan fingerprint density at radius 2 is 2.44 bits per heavy atom. The maximum atomic E-state index is 11.8. The highest BCUT2D eigenvalue weighted by Crippen LogP contribution is 2.11. The molecule has 0 aliphatic rings. The quantitative estimate of drug-likeness (QED) is 0.806. The number of H-pyrrole nitrogens is 1. The molecule has 1 aromatic heterocycles. The van der Waals surface area contributed by atoms with Gasteiger partial charge in [-0.15, -0.1) is 0 Å². The van der Waals surface area contributed by atoms with Gasteiger partial charge in [-0.3, -0.25) is 4.79 Å². The SMILES string of the molecule is COCC(O)CN(C)C(=O)c1cc(Cl)c[nH]1. The van der Waals surface area contributed by atoms with Crippen molar-refractivity contribution < 1.29 is 14.6 Å². The topological polar surface area (TPSA) is 65.6 Å². The lowest BCUT2D eigenvalue weighted by Gasteiger charge is -2.19. The van der Waals surface area contributed by atoms with Crippen molar-refractivity contribution in [1.29, 1.82) is 0 Å². The van der Waals surface area contributed by atoms with Gasteiger partial charge in [-0.25, -0.2) is 0 Å². The predicted octanol–water partition coefficient (Wildman–Crippen LogP) is 0.747. The molecular formula is C10H15ClN2O3. The van der Waals surface area contributed by atoms with Crippen LogP contribution in [-0.4, -0.2) is 54.3 Å². The summed E-state index contributed by atoms with van der Waals surface area (Å²) in [6, 6.07) is 1.54. The van der Waals surface area contributed by atoms with E-state index in [1.165, 1.54) is 18.2 Å². The Morgan fingerprint density at radius 1 is 1.75 bits per heavy atom. The van der Waals surface area contributed by atoms with Gasteiger partial charge in [-0.2, -0.15) is 0 Å². The molecule has 6 heteroatoms. The minimum Gasteiger partial charge on any atom is -0.389 e. The average Bonchev–Trinajstić information content (AvgIpc) is 2.64. The molecule has 1 rings (SSSR count). The van der Waals surface area contributed by atoms with Gasteiger partial charge in [-0.05, 0) is 6.07 Å². The molecule has 0 fully saturated rings. The summed E-state index contributed by atoms with van der Waals surface area (Å²) in [6.07, 6.45) is 0.846. The minimum atomic E-state index is -0.690. The Labute approximate surface area is 99.0 Å². The lowest BCUT2D eigenvalue weighted by molar-refractivity contribution is 0.0378. The van der Waals surface area contributed by atoms with Gasteiger partial charge in [0, 0.05) is 26.9 Å². The Kier molecular flexibility index (Phi) is 4.79. The Hall–Kier alpha value is -1.04. The summed E-state index contributed by atoms with van der Waals surface area (Å²) in [4.78, 5) is 15.9. The highest BCUT2D eigenvalue weighted by atomic mass is 35.5. The summed E-state index contributed by atoms with van der Waals surface area (Å²) in [5.41, 5.74) is 0.400. The van der Waals surface area contributed by atoms with E-state index in [1.54, 1.807) is 13.1 Å². The normalized spacial score (nSPS) is 12.5. The van der Waals surface area contributed by atoms with Gasteiger partial charge in [0.2, 0.25) is 0 Å². The number of methoxy groups -OCH3 is 1. The molecule has 1 atom stereocenters. The van der Waals surface area contributed by atoms with Crippen LogP contribution in [-0.2, 0) is 4.74 Å². The zero-order valence-corrected chi connectivity index (χ0v) is 9.99. The van der Waals surface area contributed by atoms with Crippen LogP contribution < -0.4 is 0 Å². The van der Waals surface area contributed by atoms with Crippen LogP contribution in [0, 0.1) is 0 Å². The van der Waals surface area contributed by atoms with Gasteiger partial charge in [-0.1, -0.05) is 11.6 Å². The molecule has 0 aliphatic heterocycles. The number of rotatable bonds is 5. The number of aromatic nitrogens is 1. The number of likely N-dealkylation sites (N-methyl/N-ethyl adjacent to an activating group) is 1. The largest absolute Gasteiger partial charge is 0.389 e. The monoisotopic (exact) mass is 246 g/mol. The lowest BCUT2D eigenvalue weighted by atomic mass is 10.3. The van der Waals surface area contributed by atoms with Gasteiger partial charge in [0.1, 0.15) is 5.69 Å². The van der Waals surface area contributed by atoms with E-state index in [4.69, 9.17) is 16.3 Å². The van der Waals surface area contributed by atoms with Crippen molar-refractivity contribution in [3.63, 3.8) is 0 Å². The fourth-order valence-corrected chi connectivity index (χ4v) is 1.50. The summed E-state index contributed by atoms with van der Waals surface area (Å²) in [5, 5.41) is 9.95. The first-order chi connectivity index (χ1) is 7.54. The van der Waals surface area contributed by atoms with Crippen molar-refractivity contribution in [3.05, 3.63) is 23.0 Å². The fourth-order valence-electron chi connectivity index (χ4n) is 1.34. The molecule has 1 heterocycles. The van der Waals surface area contributed by atoms with Crippen LogP contribution in [0.15, 0.2) is 12.3 Å². The van der Waals surface area contributed by atoms with Gasteiger partial charge < -0.3 is 19.7 Å². The molecule has 90 valence electrons. The number of aromatic amines is 1. The van der Waals surface area contributed by atoms with Crippen molar-refractivity contribution in [2.24, 2.45) is 0 Å². The lowest BCUT2D eigenvalue weighted by Crippen LogP contribution is -2.36. The zero-order chi connectivity index (χ0) is 12.1. The number of halogens is 1. The summed E-state index contributed by atoms with van der Waals surface area (Å²) < 4.78 is 4.78. The number of aliphatic hydroxyl groups excluding tert-OH is 1. The molecular weight excluding hydrogens is 232 g/mol. The summed E-state index contributed by atoms with van der Waals surface area (Å²) >= 11 is 5.69. The van der Waals surface area contributed by atoms with Crippen molar-refractivity contribution in [3.8, 4) is 0 Å². The number of nitrogens with zero attached hydrogens (tertiary/aromatic N) is 1. The molecule has 1 unspecified atom stereocenters. The standard InChI is InChI=1S/C10H15ClN2O3/c1-13(5-8(14)6-16-2)10(15)9-3-7(11)4-12-9/h3-4,8,12,14H,5-6H2,1-2H3. The summed E-state index contributed by atoms with van der Waals surface area (Å²) in [5.74, 6) is -0.220. The first-order valence-electron chi connectivity index (χ1n) is 4.81. The van der Waals surface area contributed by atoms with Gasteiger partial charge >= 0.3 is 0 Å². The summed E-state index contributed by atoms with van der Waals surface area (Å²) in [6.45, 7) is 0.409. The van der Waals surface area contributed by atoms with Crippen molar-refractivity contribution >= 4 is 17.5 Å². The molecule has 0 bridgehead atoms. The highest BCUT2D eigenvalue weighted by molar-refractivity contribution is 6.30. The fraction of sp³-hybridized carbons (Fsp3) is 0.500. The third-order valence-electron chi connectivity index (χ3n) is 2.07. The maximum Gasteiger partial charge on any atom is 0.270 e. The van der Waals surface area contributed by atoms with Crippen molar-refractivity contribution in [1.82, 2.24) is 9.88 Å². The van der Waals surface area contributed by atoms with Crippen molar-refractivity contribution in [2.45, 2.75) is 6.10 Å². The Balaban J connectivity index is 2.54. The van der Waals surface area contributed by atoms with E-state index in [2.05, 4.69) is 4.98 Å². The first kappa shape index (κ1) is 13.0. The van der Waals surface area contributed by atoms with E-state index in [0.29, 0.717) is 10.7 Å². The molecule has 0 saturated carbocycles. The number of ether oxygens (including phenoxy) is 1. The number of hydrogen-bond donors (Lipinski definition) is 2. The molecule has 0 saturated heterocycles. The van der Waals surface area contributed by atoms with Gasteiger partial charge in [0.25, 0.3) is 5.91 Å². The van der Waals surface area contributed by atoms with Gasteiger partial charge in [0.15, 0.2) is 0 Å². The Morgan fingerprint density at radius 3 is 2.94 bits per heavy atom. The van der Waals surface area contributed by atoms with Crippen LogP contribution >= 0.6 is 11.6 Å². The van der Waals surface area contributed by atoms with E-state index in [0.717, 1.165) is 0 Å². The van der Waals surface area contributed by atoms with E-state index < -0.39 is 6.10 Å². The zero-order valence-electron chi connectivity index (χ0n) is 9.24. The molecule has 0 aromatic carbocycles. The molecule has 0 radical (unpaired) electrons. The smallest absolute Gasteiger partial charge is 0.270 e. The molecule has 1 amide bonds. The van der Waals surface area contributed by atoms with Crippen LogP contribution in [0.4, 0.5) is 0 Å². The van der Waals surface area contributed by atoms with Crippen LogP contribution in [0.25, 0.3) is 0 Å². The molecule has 16 heavy (non-hydrogen) atoms. The molecule has 2 N–H and O–H groups in total. The highest BCUT2D eigenvalue weighted by Gasteiger charge is 2.16. The second-order valence-electron chi connectivity index (χ2n) is 3.53. The molecule has 5 nitrogen and oxygen atoms in total. The molecule has 0 spiro atoms. The number of hydrogen-bond acceptors (Lipinski definition) is 3. The first-order valence-corrected chi connectivity index (χ1v) is 5.18. The molecule has 0 aliphatic carbocycles. The minimum absolute atomic E-state index is 0.198.